The molecule has 0 aliphatic heterocycles. The lowest BCUT2D eigenvalue weighted by Gasteiger charge is -2.17. The van der Waals surface area contributed by atoms with Gasteiger partial charge in [0, 0.05) is 0 Å². The fourth-order valence-electron chi connectivity index (χ4n) is 2.47. The van der Waals surface area contributed by atoms with Crippen molar-refractivity contribution in [2.45, 2.75) is 105 Å². The average molecular weight is 253 g/mol. The minimum absolute atomic E-state index is 0.867. The molecule has 0 aromatic carbocycles. The minimum Gasteiger partial charge on any atom is -0.0654 e. The van der Waals surface area contributed by atoms with E-state index in [0.717, 1.165) is 5.92 Å². The largest absolute Gasteiger partial charge is 0.0654 e. The molecular formula is C18H37. The van der Waals surface area contributed by atoms with Gasteiger partial charge in [0.2, 0.25) is 0 Å². The van der Waals surface area contributed by atoms with Crippen molar-refractivity contribution >= 4 is 0 Å². The molecule has 109 valence electrons. The molecule has 18 heavy (non-hydrogen) atoms. The lowest BCUT2D eigenvalue weighted by atomic mass is 9.88. The smallest absolute Gasteiger partial charge is 0.0241 e. The summed E-state index contributed by atoms with van der Waals surface area (Å²) in [5.74, 6) is 2.74. The van der Waals surface area contributed by atoms with Gasteiger partial charge in [0.25, 0.3) is 0 Å². The molecule has 0 heterocycles. The third-order valence-electron chi connectivity index (χ3n) is 3.84. The summed E-state index contributed by atoms with van der Waals surface area (Å²) in [7, 11) is 0. The molecule has 0 rings (SSSR count). The van der Waals surface area contributed by atoms with Crippen LogP contribution in [0.25, 0.3) is 0 Å². The zero-order valence-corrected chi connectivity index (χ0v) is 13.6. The predicted molar refractivity (Wildman–Crippen MR) is 84.8 cm³/mol. The highest BCUT2D eigenvalue weighted by Crippen LogP contribution is 2.26. The molecule has 0 bridgehead atoms. The Morgan fingerprint density at radius 2 is 1.17 bits per heavy atom. The number of unbranched alkanes of at least 4 members (excludes halogenated alkanes) is 6. The Labute approximate surface area is 117 Å². The Kier molecular flexibility index (Phi) is 13.4. The van der Waals surface area contributed by atoms with E-state index in [9.17, 15) is 0 Å². The van der Waals surface area contributed by atoms with Crippen LogP contribution >= 0.6 is 0 Å². The Morgan fingerprint density at radius 3 is 1.56 bits per heavy atom. The molecule has 0 aromatic heterocycles. The van der Waals surface area contributed by atoms with Gasteiger partial charge < -0.3 is 0 Å². The van der Waals surface area contributed by atoms with Crippen LogP contribution in [0.4, 0.5) is 0 Å². The van der Waals surface area contributed by atoms with Gasteiger partial charge >= 0.3 is 0 Å². The van der Waals surface area contributed by atoms with Gasteiger partial charge in [-0.25, -0.2) is 0 Å². The quantitative estimate of drug-likeness (QED) is 0.312. The van der Waals surface area contributed by atoms with Gasteiger partial charge in [0.15, 0.2) is 0 Å². The van der Waals surface area contributed by atoms with Gasteiger partial charge in [-0.15, -0.1) is 0 Å². The van der Waals surface area contributed by atoms with E-state index in [-0.39, 0.29) is 0 Å². The Hall–Kier alpha value is 0. The third-order valence-corrected chi connectivity index (χ3v) is 3.84. The zero-order valence-electron chi connectivity index (χ0n) is 13.6. The highest BCUT2D eigenvalue weighted by Gasteiger charge is 2.10. The van der Waals surface area contributed by atoms with Crippen LogP contribution in [0.5, 0.6) is 0 Å². The normalized spacial score (nSPS) is 11.7. The number of hydrogen-bond acceptors (Lipinski definition) is 0. The molecule has 0 spiro atoms. The molecular weight excluding hydrogens is 216 g/mol. The maximum Gasteiger partial charge on any atom is -0.0241 e. The van der Waals surface area contributed by atoms with Crippen molar-refractivity contribution in [3.8, 4) is 0 Å². The van der Waals surface area contributed by atoms with Crippen LogP contribution in [0.3, 0.4) is 0 Å². The summed E-state index contributed by atoms with van der Waals surface area (Å²) in [5.41, 5.74) is 0. The minimum atomic E-state index is 0.867. The molecule has 0 aliphatic rings. The van der Waals surface area contributed by atoms with Crippen LogP contribution in [0.15, 0.2) is 0 Å². The van der Waals surface area contributed by atoms with Crippen molar-refractivity contribution in [3.05, 3.63) is 5.92 Å². The van der Waals surface area contributed by atoms with E-state index in [4.69, 9.17) is 0 Å². The van der Waals surface area contributed by atoms with E-state index in [1.54, 1.807) is 0 Å². The molecule has 0 heteroatoms. The van der Waals surface area contributed by atoms with Gasteiger partial charge in [-0.05, 0) is 31.1 Å². The fraction of sp³-hybridized carbons (Fsp3) is 0.944. The molecule has 0 aromatic rings. The van der Waals surface area contributed by atoms with Gasteiger partial charge in [-0.3, -0.25) is 0 Å². The van der Waals surface area contributed by atoms with Crippen LogP contribution in [0.1, 0.15) is 105 Å². The Morgan fingerprint density at radius 1 is 0.667 bits per heavy atom. The summed E-state index contributed by atoms with van der Waals surface area (Å²) in [5, 5.41) is 0. The summed E-state index contributed by atoms with van der Waals surface area (Å²) in [4.78, 5) is 0. The average Bonchev–Trinajstić information content (AvgIpc) is 2.35. The molecule has 0 saturated heterocycles. The van der Waals surface area contributed by atoms with Crippen molar-refractivity contribution in [3.63, 3.8) is 0 Å². The first-order valence-electron chi connectivity index (χ1n) is 8.54. The standard InChI is InChI=1S/C18H37/c1-5-7-9-11-13-18(16-15-17(3)4)14-12-10-8-6-2/h17H,5-16H2,1-4H3. The van der Waals surface area contributed by atoms with Crippen LogP contribution in [0.2, 0.25) is 0 Å². The molecule has 0 aliphatic carbocycles. The Bertz CT molecular complexity index is 136. The van der Waals surface area contributed by atoms with Crippen molar-refractivity contribution in [2.75, 3.05) is 0 Å². The van der Waals surface area contributed by atoms with E-state index < -0.39 is 0 Å². The van der Waals surface area contributed by atoms with Crippen LogP contribution in [0, 0.1) is 11.8 Å². The lowest BCUT2D eigenvalue weighted by molar-refractivity contribution is 0.497. The van der Waals surface area contributed by atoms with E-state index in [2.05, 4.69) is 27.7 Å². The maximum absolute atomic E-state index is 2.35. The predicted octanol–water partition coefficient (Wildman–Crippen LogP) is 6.94. The summed E-state index contributed by atoms with van der Waals surface area (Å²) in [6, 6.07) is 0. The second-order valence-corrected chi connectivity index (χ2v) is 6.30. The summed E-state index contributed by atoms with van der Waals surface area (Å²) in [6.45, 7) is 9.31. The molecule has 0 nitrogen and oxygen atoms in total. The van der Waals surface area contributed by atoms with Crippen molar-refractivity contribution < 1.29 is 0 Å². The summed E-state index contributed by atoms with van der Waals surface area (Å²) in [6.07, 6.45) is 17.0. The molecule has 0 fully saturated rings. The first kappa shape index (κ1) is 18.0. The fourth-order valence-corrected chi connectivity index (χ4v) is 2.47. The van der Waals surface area contributed by atoms with Crippen molar-refractivity contribution in [1.29, 1.82) is 0 Å². The van der Waals surface area contributed by atoms with Gasteiger partial charge in [0.1, 0.15) is 0 Å². The van der Waals surface area contributed by atoms with E-state index in [1.807, 2.05) is 5.92 Å². The highest BCUT2D eigenvalue weighted by atomic mass is 14.1. The first-order valence-corrected chi connectivity index (χ1v) is 8.54. The molecule has 0 saturated carbocycles. The van der Waals surface area contributed by atoms with Crippen LogP contribution in [-0.4, -0.2) is 0 Å². The number of rotatable bonds is 13. The lowest BCUT2D eigenvalue weighted by Crippen LogP contribution is -2.01. The summed E-state index contributed by atoms with van der Waals surface area (Å²) >= 11 is 0. The van der Waals surface area contributed by atoms with E-state index in [1.165, 1.54) is 77.0 Å². The van der Waals surface area contributed by atoms with Gasteiger partial charge in [-0.2, -0.15) is 0 Å². The molecule has 0 atom stereocenters. The Balaban J connectivity index is 3.69. The molecule has 0 N–H and O–H groups in total. The molecule has 1 radical (unpaired) electrons. The van der Waals surface area contributed by atoms with Gasteiger partial charge in [-0.1, -0.05) is 85.5 Å². The van der Waals surface area contributed by atoms with E-state index in [0.29, 0.717) is 0 Å². The van der Waals surface area contributed by atoms with Crippen LogP contribution < -0.4 is 0 Å². The zero-order chi connectivity index (χ0) is 13.6. The number of hydrogen-bond donors (Lipinski definition) is 0. The van der Waals surface area contributed by atoms with Gasteiger partial charge in [0.05, 0.1) is 0 Å². The first-order chi connectivity index (χ1) is 8.70. The van der Waals surface area contributed by atoms with Crippen molar-refractivity contribution in [2.24, 2.45) is 5.92 Å². The maximum atomic E-state index is 2.35. The van der Waals surface area contributed by atoms with E-state index >= 15 is 0 Å². The molecule has 0 unspecified atom stereocenters. The van der Waals surface area contributed by atoms with Crippen LogP contribution in [-0.2, 0) is 0 Å². The topological polar surface area (TPSA) is 0 Å². The monoisotopic (exact) mass is 253 g/mol. The second kappa shape index (κ2) is 13.4. The summed E-state index contributed by atoms with van der Waals surface area (Å²) < 4.78 is 0. The second-order valence-electron chi connectivity index (χ2n) is 6.30. The molecule has 0 amide bonds. The van der Waals surface area contributed by atoms with Crippen molar-refractivity contribution in [1.82, 2.24) is 0 Å². The SMILES string of the molecule is CCCCCC[C](CCCCCC)CCC(C)C. The third kappa shape index (κ3) is 12.5. The highest BCUT2D eigenvalue weighted by molar-refractivity contribution is 4.89.